The first-order valence-corrected chi connectivity index (χ1v) is 9.11. The number of benzene rings is 1. The van der Waals surface area contributed by atoms with Gasteiger partial charge < -0.3 is 10.1 Å². The molecule has 0 spiro atoms. The van der Waals surface area contributed by atoms with Crippen LogP contribution < -0.4 is 10.6 Å². The van der Waals surface area contributed by atoms with Gasteiger partial charge in [-0.2, -0.15) is 0 Å². The molecule has 7 nitrogen and oxygen atoms in total. The number of anilines is 1. The normalized spacial score (nSPS) is 19.6. The summed E-state index contributed by atoms with van der Waals surface area (Å²) in [5.74, 6) is -0.569. The van der Waals surface area contributed by atoms with Crippen LogP contribution >= 0.6 is 11.5 Å². The second-order valence-corrected chi connectivity index (χ2v) is 6.94. The van der Waals surface area contributed by atoms with Crippen LogP contribution in [0.5, 0.6) is 0 Å². The van der Waals surface area contributed by atoms with Crippen LogP contribution in [0.2, 0.25) is 0 Å². The summed E-state index contributed by atoms with van der Waals surface area (Å²) in [7, 11) is 0. The molecule has 9 heteroatoms. The molecule has 1 saturated carbocycles. The van der Waals surface area contributed by atoms with E-state index in [1.54, 1.807) is 6.92 Å². The summed E-state index contributed by atoms with van der Waals surface area (Å²) >= 11 is 1.06. The minimum atomic E-state index is -0.587. The number of nitrogens with zero attached hydrogens (tertiary/aromatic N) is 2. The minimum Gasteiger partial charge on any atom is -0.446 e. The summed E-state index contributed by atoms with van der Waals surface area (Å²) in [5.41, 5.74) is 1.07. The Morgan fingerprint density at radius 3 is 2.73 bits per heavy atom. The van der Waals surface area contributed by atoms with Gasteiger partial charge in [0.1, 0.15) is 16.8 Å². The van der Waals surface area contributed by atoms with Crippen molar-refractivity contribution in [3.05, 3.63) is 40.7 Å². The van der Waals surface area contributed by atoms with Gasteiger partial charge in [-0.15, -0.1) is 5.10 Å². The number of nitrogens with one attached hydrogen (secondary N) is 2. The lowest BCUT2D eigenvalue weighted by Crippen LogP contribution is -2.41. The molecule has 0 radical (unpaired) electrons. The molecule has 1 aliphatic rings. The van der Waals surface area contributed by atoms with Crippen molar-refractivity contribution in [3.63, 3.8) is 0 Å². The summed E-state index contributed by atoms with van der Waals surface area (Å²) in [6.07, 6.45) is 2.10. The Hall–Kier alpha value is -2.55. The van der Waals surface area contributed by atoms with Crippen molar-refractivity contribution in [2.45, 2.75) is 44.8 Å². The SMILES string of the molecule is Cc1nnsc1C(=O)N[C@@H]1CCC[C@H](OC(=O)Nc2ccc(F)cc2)C1. The molecule has 1 heterocycles. The molecular weight excluding hydrogens is 359 g/mol. The van der Waals surface area contributed by atoms with E-state index in [4.69, 9.17) is 4.74 Å². The topological polar surface area (TPSA) is 93.2 Å². The Morgan fingerprint density at radius 1 is 1.27 bits per heavy atom. The molecule has 0 aliphatic heterocycles. The average molecular weight is 378 g/mol. The number of rotatable bonds is 4. The number of ether oxygens (including phenoxy) is 1. The first-order valence-electron chi connectivity index (χ1n) is 8.34. The summed E-state index contributed by atoms with van der Waals surface area (Å²) in [6.45, 7) is 1.74. The Balaban J connectivity index is 1.50. The van der Waals surface area contributed by atoms with E-state index in [0.29, 0.717) is 22.7 Å². The van der Waals surface area contributed by atoms with Crippen molar-refractivity contribution in [1.82, 2.24) is 14.9 Å². The second kappa shape index (κ2) is 8.22. The molecule has 2 amide bonds. The zero-order valence-corrected chi connectivity index (χ0v) is 15.0. The molecule has 26 heavy (non-hydrogen) atoms. The number of aryl methyl sites for hydroxylation is 1. The number of hydrogen-bond acceptors (Lipinski definition) is 6. The molecule has 0 saturated heterocycles. The van der Waals surface area contributed by atoms with Gasteiger partial charge in [0.15, 0.2) is 0 Å². The predicted octanol–water partition coefficient (Wildman–Crippen LogP) is 3.28. The molecule has 138 valence electrons. The van der Waals surface area contributed by atoms with E-state index >= 15 is 0 Å². The molecular formula is C17H19FN4O3S. The Kier molecular flexibility index (Phi) is 5.77. The Morgan fingerprint density at radius 2 is 2.04 bits per heavy atom. The lowest BCUT2D eigenvalue weighted by atomic mass is 9.93. The monoisotopic (exact) mass is 378 g/mol. The lowest BCUT2D eigenvalue weighted by molar-refractivity contribution is 0.0714. The molecule has 1 aromatic carbocycles. The zero-order chi connectivity index (χ0) is 18.5. The van der Waals surface area contributed by atoms with Crippen LogP contribution in [0.1, 0.15) is 41.0 Å². The molecule has 1 aromatic heterocycles. The van der Waals surface area contributed by atoms with E-state index in [0.717, 1.165) is 30.8 Å². The van der Waals surface area contributed by atoms with Gasteiger partial charge in [0.2, 0.25) is 0 Å². The molecule has 2 atom stereocenters. The smallest absolute Gasteiger partial charge is 0.411 e. The van der Waals surface area contributed by atoms with Gasteiger partial charge in [-0.3, -0.25) is 10.1 Å². The van der Waals surface area contributed by atoms with Gasteiger partial charge in [-0.05, 0) is 62.0 Å². The standard InChI is InChI=1S/C17H19FN4O3S/c1-10-15(26-22-21-10)16(23)19-13-3-2-4-14(9-13)25-17(24)20-12-7-5-11(18)6-8-12/h5-8,13-14H,2-4,9H2,1H3,(H,19,23)(H,20,24)/t13-,14+/m1/s1. The fourth-order valence-electron chi connectivity index (χ4n) is 2.91. The fraction of sp³-hybridized carbons (Fsp3) is 0.412. The highest BCUT2D eigenvalue weighted by Gasteiger charge is 2.27. The van der Waals surface area contributed by atoms with Crippen LogP contribution in [-0.2, 0) is 4.74 Å². The fourth-order valence-corrected chi connectivity index (χ4v) is 3.47. The first-order chi connectivity index (χ1) is 12.5. The van der Waals surface area contributed by atoms with E-state index in [1.807, 2.05) is 0 Å². The third-order valence-electron chi connectivity index (χ3n) is 4.18. The molecule has 2 N–H and O–H groups in total. The average Bonchev–Trinajstić information content (AvgIpc) is 3.03. The zero-order valence-electron chi connectivity index (χ0n) is 14.2. The minimum absolute atomic E-state index is 0.0682. The van der Waals surface area contributed by atoms with Gasteiger partial charge in [0.25, 0.3) is 5.91 Å². The number of carbonyl (C=O) groups excluding carboxylic acids is 2. The maximum Gasteiger partial charge on any atom is 0.411 e. The number of carbonyl (C=O) groups is 2. The van der Waals surface area contributed by atoms with Crippen molar-refractivity contribution < 1.29 is 18.7 Å². The number of halogens is 1. The van der Waals surface area contributed by atoms with E-state index < -0.39 is 6.09 Å². The highest BCUT2D eigenvalue weighted by atomic mass is 32.1. The van der Waals surface area contributed by atoms with Gasteiger partial charge in [-0.25, -0.2) is 9.18 Å². The van der Waals surface area contributed by atoms with Gasteiger partial charge in [0, 0.05) is 18.2 Å². The van der Waals surface area contributed by atoms with E-state index in [-0.39, 0.29) is 23.9 Å². The quantitative estimate of drug-likeness (QED) is 0.852. The summed E-state index contributed by atoms with van der Waals surface area (Å²) in [6, 6.07) is 5.38. The van der Waals surface area contributed by atoms with Crippen LogP contribution in [-0.4, -0.2) is 33.7 Å². The first kappa shape index (κ1) is 18.2. The molecule has 1 fully saturated rings. The predicted molar refractivity (Wildman–Crippen MR) is 94.7 cm³/mol. The lowest BCUT2D eigenvalue weighted by Gasteiger charge is -2.29. The van der Waals surface area contributed by atoms with Gasteiger partial charge >= 0.3 is 6.09 Å². The Labute approximate surface area is 154 Å². The van der Waals surface area contributed by atoms with Crippen LogP contribution in [0.4, 0.5) is 14.9 Å². The molecule has 3 rings (SSSR count). The van der Waals surface area contributed by atoms with Crippen LogP contribution in [0.3, 0.4) is 0 Å². The summed E-state index contributed by atoms with van der Waals surface area (Å²) in [4.78, 5) is 24.8. The van der Waals surface area contributed by atoms with Crippen molar-refractivity contribution in [2.75, 3.05) is 5.32 Å². The maximum absolute atomic E-state index is 12.9. The molecule has 0 unspecified atom stereocenters. The largest absolute Gasteiger partial charge is 0.446 e. The summed E-state index contributed by atoms with van der Waals surface area (Å²) in [5, 5.41) is 9.37. The maximum atomic E-state index is 12.9. The molecule has 1 aliphatic carbocycles. The van der Waals surface area contributed by atoms with E-state index in [9.17, 15) is 14.0 Å². The second-order valence-electron chi connectivity index (χ2n) is 6.18. The number of amides is 2. The van der Waals surface area contributed by atoms with E-state index in [2.05, 4.69) is 20.2 Å². The number of aromatic nitrogens is 2. The number of hydrogen-bond donors (Lipinski definition) is 2. The highest BCUT2D eigenvalue weighted by molar-refractivity contribution is 7.08. The third-order valence-corrected chi connectivity index (χ3v) is 5.01. The van der Waals surface area contributed by atoms with Crippen LogP contribution in [0.25, 0.3) is 0 Å². The van der Waals surface area contributed by atoms with Crippen LogP contribution in [0, 0.1) is 12.7 Å². The molecule has 2 aromatic rings. The van der Waals surface area contributed by atoms with Crippen LogP contribution in [0.15, 0.2) is 24.3 Å². The van der Waals surface area contributed by atoms with E-state index in [1.165, 1.54) is 24.3 Å². The van der Waals surface area contributed by atoms with Crippen molar-refractivity contribution in [2.24, 2.45) is 0 Å². The summed E-state index contributed by atoms with van der Waals surface area (Å²) < 4.78 is 22.1. The van der Waals surface area contributed by atoms with Crippen molar-refractivity contribution in [1.29, 1.82) is 0 Å². The Bertz CT molecular complexity index is 781. The molecule has 0 bridgehead atoms. The van der Waals surface area contributed by atoms with Crippen molar-refractivity contribution >= 4 is 29.2 Å². The van der Waals surface area contributed by atoms with Crippen molar-refractivity contribution in [3.8, 4) is 0 Å². The highest BCUT2D eigenvalue weighted by Crippen LogP contribution is 2.23. The van der Waals surface area contributed by atoms with Gasteiger partial charge in [-0.1, -0.05) is 4.49 Å². The third kappa shape index (κ3) is 4.75. The van der Waals surface area contributed by atoms with Gasteiger partial charge in [0.05, 0.1) is 5.69 Å².